The summed E-state index contributed by atoms with van der Waals surface area (Å²) in [5, 5.41) is 7.17. The number of aryl methyl sites for hydroxylation is 1. The third kappa shape index (κ3) is 3.61. The number of hydrogen-bond donors (Lipinski definition) is 1. The number of rotatable bonds is 5. The Morgan fingerprint density at radius 1 is 1.12 bits per heavy atom. The summed E-state index contributed by atoms with van der Waals surface area (Å²) < 4.78 is 31.9. The molecule has 0 aliphatic heterocycles. The lowest BCUT2D eigenvalue weighted by atomic mass is 10.0. The normalized spacial score (nSPS) is 13.5. The minimum absolute atomic E-state index is 0.126. The summed E-state index contributed by atoms with van der Waals surface area (Å²) in [5.74, 6) is -0.978. The van der Waals surface area contributed by atoms with E-state index in [0.29, 0.717) is 17.1 Å². The van der Waals surface area contributed by atoms with Gasteiger partial charge in [-0.25, -0.2) is 8.78 Å². The van der Waals surface area contributed by atoms with Gasteiger partial charge in [-0.2, -0.15) is 5.10 Å². The van der Waals surface area contributed by atoms with Gasteiger partial charge in [-0.05, 0) is 48.9 Å². The summed E-state index contributed by atoms with van der Waals surface area (Å²) in [6.45, 7) is 1.76. The van der Waals surface area contributed by atoms with E-state index >= 15 is 0 Å². The predicted molar refractivity (Wildman–Crippen MR) is 121 cm³/mol. The van der Waals surface area contributed by atoms with Crippen molar-refractivity contribution in [2.45, 2.75) is 32.2 Å². The molecule has 0 bridgehead atoms. The third-order valence-corrected chi connectivity index (χ3v) is 6.12. The van der Waals surface area contributed by atoms with Crippen molar-refractivity contribution in [1.82, 2.24) is 19.7 Å². The second-order valence-electron chi connectivity index (χ2n) is 8.38. The molecule has 0 spiro atoms. The van der Waals surface area contributed by atoms with Gasteiger partial charge in [-0.1, -0.05) is 24.3 Å². The fourth-order valence-corrected chi connectivity index (χ4v) is 4.43. The van der Waals surface area contributed by atoms with E-state index in [1.807, 2.05) is 0 Å². The van der Waals surface area contributed by atoms with E-state index < -0.39 is 17.3 Å². The number of amides is 1. The highest BCUT2D eigenvalue weighted by atomic mass is 19.1. The first-order valence-electron chi connectivity index (χ1n) is 10.8. The Balaban J connectivity index is 1.61. The molecule has 2 aromatic carbocycles. The van der Waals surface area contributed by atoms with Crippen molar-refractivity contribution >= 4 is 16.7 Å². The molecule has 1 amide bonds. The van der Waals surface area contributed by atoms with E-state index in [4.69, 9.17) is 0 Å². The van der Waals surface area contributed by atoms with E-state index in [-0.39, 0.29) is 34.6 Å². The van der Waals surface area contributed by atoms with Crippen LogP contribution in [0.3, 0.4) is 0 Å². The van der Waals surface area contributed by atoms with Crippen LogP contribution in [-0.4, -0.2) is 20.3 Å². The van der Waals surface area contributed by atoms with Gasteiger partial charge in [0.15, 0.2) is 5.82 Å². The van der Waals surface area contributed by atoms with E-state index in [0.717, 1.165) is 18.4 Å². The number of benzene rings is 2. The lowest BCUT2D eigenvalue weighted by Crippen LogP contribution is -2.30. The van der Waals surface area contributed by atoms with Crippen LogP contribution in [0.2, 0.25) is 0 Å². The molecular formula is C25H22F2N4O2. The maximum absolute atomic E-state index is 14.8. The molecule has 33 heavy (non-hydrogen) atoms. The van der Waals surface area contributed by atoms with Crippen molar-refractivity contribution in [3.05, 3.63) is 93.0 Å². The Labute approximate surface area is 188 Å². The molecule has 0 unspecified atom stereocenters. The molecule has 0 radical (unpaired) electrons. The molecule has 2 heterocycles. The molecule has 0 atom stereocenters. The first-order chi connectivity index (χ1) is 15.9. The molecule has 168 valence electrons. The zero-order valence-corrected chi connectivity index (χ0v) is 18.2. The maximum Gasteiger partial charge on any atom is 0.267 e. The summed E-state index contributed by atoms with van der Waals surface area (Å²) in [6, 6.07) is 10.7. The molecule has 1 fully saturated rings. The average Bonchev–Trinajstić information content (AvgIpc) is 3.52. The number of nitrogens with zero attached hydrogens (tertiary/aromatic N) is 3. The van der Waals surface area contributed by atoms with Crippen molar-refractivity contribution in [3.63, 3.8) is 0 Å². The van der Waals surface area contributed by atoms with E-state index in [2.05, 4.69) is 10.4 Å². The minimum atomic E-state index is -0.711. The fourth-order valence-electron chi connectivity index (χ4n) is 4.43. The highest BCUT2D eigenvalue weighted by Crippen LogP contribution is 2.43. The minimum Gasteiger partial charge on any atom is -0.348 e. The first-order valence-corrected chi connectivity index (χ1v) is 10.8. The second kappa shape index (κ2) is 7.95. The van der Waals surface area contributed by atoms with Crippen LogP contribution in [0.5, 0.6) is 0 Å². The summed E-state index contributed by atoms with van der Waals surface area (Å²) in [5.41, 5.74) is 1.30. The van der Waals surface area contributed by atoms with Gasteiger partial charge in [0.1, 0.15) is 11.6 Å². The van der Waals surface area contributed by atoms with E-state index in [1.54, 1.807) is 44.4 Å². The summed E-state index contributed by atoms with van der Waals surface area (Å²) in [6.07, 6.45) is 3.52. The molecule has 1 saturated carbocycles. The Morgan fingerprint density at radius 2 is 1.85 bits per heavy atom. The number of hydrogen-bond acceptors (Lipinski definition) is 3. The highest BCUT2D eigenvalue weighted by molar-refractivity contribution is 6.08. The van der Waals surface area contributed by atoms with Crippen molar-refractivity contribution in [2.75, 3.05) is 0 Å². The van der Waals surface area contributed by atoms with Gasteiger partial charge in [0, 0.05) is 36.9 Å². The first kappa shape index (κ1) is 21.1. The Morgan fingerprint density at radius 3 is 2.55 bits per heavy atom. The van der Waals surface area contributed by atoms with Crippen LogP contribution >= 0.6 is 0 Å². The number of halogens is 2. The highest BCUT2D eigenvalue weighted by Gasteiger charge is 2.29. The Hall–Kier alpha value is -3.81. The van der Waals surface area contributed by atoms with Crippen molar-refractivity contribution in [2.24, 2.45) is 7.05 Å². The molecular weight excluding hydrogens is 426 g/mol. The summed E-state index contributed by atoms with van der Waals surface area (Å²) >= 11 is 0. The van der Waals surface area contributed by atoms with E-state index in [1.165, 1.54) is 27.4 Å². The zero-order valence-electron chi connectivity index (χ0n) is 18.2. The van der Waals surface area contributed by atoms with Gasteiger partial charge >= 0.3 is 0 Å². The monoisotopic (exact) mass is 448 g/mol. The topological polar surface area (TPSA) is 68.9 Å². The molecule has 6 nitrogen and oxygen atoms in total. The number of aromatic nitrogens is 3. The van der Waals surface area contributed by atoms with Crippen LogP contribution in [0.25, 0.3) is 16.6 Å². The quantitative estimate of drug-likeness (QED) is 0.500. The summed E-state index contributed by atoms with van der Waals surface area (Å²) in [4.78, 5) is 26.6. The molecule has 1 aliphatic carbocycles. The molecule has 8 heteroatoms. The van der Waals surface area contributed by atoms with Crippen LogP contribution in [0.4, 0.5) is 8.78 Å². The van der Waals surface area contributed by atoms with Crippen molar-refractivity contribution in [1.29, 1.82) is 0 Å². The van der Waals surface area contributed by atoms with Crippen molar-refractivity contribution in [3.8, 4) is 5.82 Å². The van der Waals surface area contributed by atoms with Gasteiger partial charge in [-0.15, -0.1) is 0 Å². The zero-order chi connectivity index (χ0) is 23.3. The standard InChI is InChI=1S/C25H22F2N4O2/c1-14-21(24(32)28-13-16-5-3-7-18(26)22(16)15-9-10-15)17-6-4-8-19(27)23(17)25(33)31(14)20-11-12-30(2)29-20/h3-8,11-12,15H,9-10,13H2,1-2H3,(H,28,32). The summed E-state index contributed by atoms with van der Waals surface area (Å²) in [7, 11) is 1.70. The van der Waals surface area contributed by atoms with Crippen LogP contribution in [-0.2, 0) is 13.6 Å². The number of carbonyl (C=O) groups is 1. The van der Waals surface area contributed by atoms with Crippen LogP contribution in [0.1, 0.15) is 45.9 Å². The number of carbonyl (C=O) groups excluding carboxylic acids is 1. The maximum atomic E-state index is 14.8. The molecule has 0 saturated heterocycles. The average molecular weight is 448 g/mol. The molecule has 1 N–H and O–H groups in total. The molecule has 2 aromatic heterocycles. The van der Waals surface area contributed by atoms with Crippen LogP contribution in [0.15, 0.2) is 53.5 Å². The molecule has 5 rings (SSSR count). The molecule has 1 aliphatic rings. The van der Waals surface area contributed by atoms with Gasteiger partial charge in [0.05, 0.1) is 10.9 Å². The smallest absolute Gasteiger partial charge is 0.267 e. The third-order valence-electron chi connectivity index (χ3n) is 6.12. The Bertz CT molecular complexity index is 1470. The van der Waals surface area contributed by atoms with Crippen LogP contribution < -0.4 is 10.9 Å². The SMILES string of the molecule is Cc1c(C(=O)NCc2cccc(F)c2C2CC2)c2cccc(F)c2c(=O)n1-c1ccn(C)n1. The van der Waals surface area contributed by atoms with Gasteiger partial charge in [0.2, 0.25) is 0 Å². The number of nitrogens with one attached hydrogen (secondary N) is 1. The lowest BCUT2D eigenvalue weighted by Gasteiger charge is -2.17. The fraction of sp³-hybridized carbons (Fsp3) is 0.240. The van der Waals surface area contributed by atoms with Gasteiger partial charge in [-0.3, -0.25) is 18.8 Å². The van der Waals surface area contributed by atoms with Gasteiger partial charge in [0.25, 0.3) is 11.5 Å². The number of fused-ring (bicyclic) bond motifs is 1. The predicted octanol–water partition coefficient (Wildman–Crippen LogP) is 4.12. The van der Waals surface area contributed by atoms with Crippen molar-refractivity contribution < 1.29 is 13.6 Å². The van der Waals surface area contributed by atoms with Gasteiger partial charge < -0.3 is 5.32 Å². The molecule has 4 aromatic rings. The lowest BCUT2D eigenvalue weighted by molar-refractivity contribution is 0.0951. The Kier molecular flexibility index (Phi) is 5.08. The van der Waals surface area contributed by atoms with E-state index in [9.17, 15) is 18.4 Å². The number of pyridine rings is 1. The largest absolute Gasteiger partial charge is 0.348 e. The second-order valence-corrected chi connectivity index (χ2v) is 8.38. The van der Waals surface area contributed by atoms with Crippen LogP contribution in [0, 0.1) is 18.6 Å².